The van der Waals surface area contributed by atoms with Crippen LogP contribution in [0.1, 0.15) is 16.5 Å². The van der Waals surface area contributed by atoms with Gasteiger partial charge in [-0.2, -0.15) is 0 Å². The Morgan fingerprint density at radius 2 is 1.87 bits per heavy atom. The van der Waals surface area contributed by atoms with Gasteiger partial charge in [-0.3, -0.25) is 4.79 Å². The highest BCUT2D eigenvalue weighted by Gasteiger charge is 2.35. The van der Waals surface area contributed by atoms with Crippen LogP contribution in [0.15, 0.2) is 36.4 Å². The molecule has 1 atom stereocenters. The molecule has 0 bridgehead atoms. The zero-order valence-corrected chi connectivity index (χ0v) is 12.5. The number of halogens is 4. The van der Waals surface area contributed by atoms with Gasteiger partial charge in [0.05, 0.1) is 5.75 Å². The Morgan fingerprint density at radius 1 is 1.09 bits per heavy atom. The van der Waals surface area contributed by atoms with Crippen LogP contribution in [-0.4, -0.2) is 16.6 Å². The molecule has 1 heterocycles. The summed E-state index contributed by atoms with van der Waals surface area (Å²) in [6.45, 7) is 0.0622. The predicted octanol–water partition coefficient (Wildman–Crippen LogP) is 4.02. The van der Waals surface area contributed by atoms with Gasteiger partial charge in [0.2, 0.25) is 5.91 Å². The van der Waals surface area contributed by atoms with Crippen molar-refractivity contribution < 1.29 is 22.4 Å². The van der Waals surface area contributed by atoms with E-state index in [9.17, 15) is 22.4 Å². The second-order valence-corrected chi connectivity index (χ2v) is 6.15. The molecular formula is C16H11F4NOS. The van der Waals surface area contributed by atoms with Crippen LogP contribution in [0.2, 0.25) is 0 Å². The number of carbonyl (C=O) groups excluding carboxylic acids is 1. The molecule has 3 rings (SSSR count). The maximum atomic E-state index is 14.0. The minimum absolute atomic E-state index is 0.0622. The molecule has 2 aromatic rings. The van der Waals surface area contributed by atoms with Crippen LogP contribution < -0.4 is 0 Å². The third kappa shape index (κ3) is 3.06. The summed E-state index contributed by atoms with van der Waals surface area (Å²) in [5.41, 5.74) is 0.435. The molecule has 7 heteroatoms. The Morgan fingerprint density at radius 3 is 2.61 bits per heavy atom. The van der Waals surface area contributed by atoms with E-state index in [0.29, 0.717) is 5.56 Å². The summed E-state index contributed by atoms with van der Waals surface area (Å²) >= 11 is 1.12. The van der Waals surface area contributed by atoms with E-state index in [1.165, 1.54) is 23.1 Å². The van der Waals surface area contributed by atoms with Gasteiger partial charge < -0.3 is 4.90 Å². The highest BCUT2D eigenvalue weighted by molar-refractivity contribution is 8.00. The van der Waals surface area contributed by atoms with Crippen molar-refractivity contribution in [3.8, 4) is 0 Å². The molecule has 23 heavy (non-hydrogen) atoms. The van der Waals surface area contributed by atoms with E-state index in [4.69, 9.17) is 0 Å². The van der Waals surface area contributed by atoms with Crippen molar-refractivity contribution in [1.29, 1.82) is 0 Å². The number of hydrogen-bond acceptors (Lipinski definition) is 2. The first-order chi connectivity index (χ1) is 11.0. The molecule has 1 fully saturated rings. The Kier molecular flexibility index (Phi) is 4.30. The van der Waals surface area contributed by atoms with Crippen LogP contribution in [0.3, 0.4) is 0 Å². The lowest BCUT2D eigenvalue weighted by Gasteiger charge is -2.24. The maximum Gasteiger partial charge on any atom is 0.234 e. The summed E-state index contributed by atoms with van der Waals surface area (Å²) in [5.74, 6) is -4.77. The second-order valence-electron chi connectivity index (χ2n) is 5.08. The molecular weight excluding hydrogens is 330 g/mol. The van der Waals surface area contributed by atoms with E-state index in [1.807, 2.05) is 0 Å². The van der Waals surface area contributed by atoms with Gasteiger partial charge in [0.25, 0.3) is 0 Å². The largest absolute Gasteiger partial charge is 0.321 e. The van der Waals surface area contributed by atoms with Gasteiger partial charge >= 0.3 is 0 Å². The summed E-state index contributed by atoms with van der Waals surface area (Å²) in [4.78, 5) is 13.4. The number of amides is 1. The molecule has 0 aromatic heterocycles. The van der Waals surface area contributed by atoms with Crippen LogP contribution in [0, 0.1) is 23.3 Å². The van der Waals surface area contributed by atoms with Crippen molar-refractivity contribution in [1.82, 2.24) is 4.90 Å². The molecule has 1 unspecified atom stereocenters. The predicted molar refractivity (Wildman–Crippen MR) is 78.5 cm³/mol. The lowest BCUT2D eigenvalue weighted by Crippen LogP contribution is -2.28. The van der Waals surface area contributed by atoms with Crippen molar-refractivity contribution in [3.63, 3.8) is 0 Å². The van der Waals surface area contributed by atoms with Crippen LogP contribution in [-0.2, 0) is 11.3 Å². The van der Waals surface area contributed by atoms with Crippen LogP contribution in [0.5, 0.6) is 0 Å². The number of nitrogens with zero attached hydrogens (tertiary/aromatic N) is 1. The molecule has 0 N–H and O–H groups in total. The fraction of sp³-hybridized carbons (Fsp3) is 0.188. The third-order valence-electron chi connectivity index (χ3n) is 3.54. The molecule has 1 aliphatic heterocycles. The van der Waals surface area contributed by atoms with Crippen LogP contribution >= 0.6 is 11.8 Å². The Hall–Kier alpha value is -2.02. The van der Waals surface area contributed by atoms with Crippen molar-refractivity contribution in [2.45, 2.75) is 11.9 Å². The molecule has 1 aliphatic rings. The van der Waals surface area contributed by atoms with E-state index >= 15 is 0 Å². The molecule has 2 aromatic carbocycles. The first-order valence-corrected chi connectivity index (χ1v) is 7.81. The first-order valence-electron chi connectivity index (χ1n) is 6.76. The standard InChI is InChI=1S/C16H11F4NOS/c17-10-3-1-2-9(6-10)7-21-13(22)8-23-16(21)11-4-5-12(18)15(20)14(11)19/h1-6,16H,7-8H2. The average molecular weight is 341 g/mol. The van der Waals surface area contributed by atoms with Gasteiger partial charge in [-0.15, -0.1) is 11.8 Å². The molecule has 2 nitrogen and oxygen atoms in total. The number of hydrogen-bond donors (Lipinski definition) is 0. The van der Waals surface area contributed by atoms with Gasteiger partial charge in [0.15, 0.2) is 17.5 Å². The molecule has 1 amide bonds. The Labute approximate surface area is 134 Å². The van der Waals surface area contributed by atoms with E-state index in [-0.39, 0.29) is 23.8 Å². The lowest BCUT2D eigenvalue weighted by molar-refractivity contribution is -0.128. The second kappa shape index (κ2) is 6.23. The Bertz CT molecular complexity index is 768. The van der Waals surface area contributed by atoms with E-state index < -0.39 is 28.6 Å². The molecule has 0 spiro atoms. The molecule has 120 valence electrons. The van der Waals surface area contributed by atoms with Crippen molar-refractivity contribution in [3.05, 3.63) is 70.8 Å². The van der Waals surface area contributed by atoms with Gasteiger partial charge in [-0.25, -0.2) is 17.6 Å². The molecule has 1 saturated heterocycles. The van der Waals surface area contributed by atoms with Crippen molar-refractivity contribution in [2.75, 3.05) is 5.75 Å². The zero-order chi connectivity index (χ0) is 16.6. The van der Waals surface area contributed by atoms with Gasteiger partial charge in [-0.1, -0.05) is 18.2 Å². The maximum absolute atomic E-state index is 14.0. The van der Waals surface area contributed by atoms with E-state index in [1.54, 1.807) is 6.07 Å². The van der Waals surface area contributed by atoms with Gasteiger partial charge in [0.1, 0.15) is 11.2 Å². The van der Waals surface area contributed by atoms with E-state index in [2.05, 4.69) is 0 Å². The SMILES string of the molecule is O=C1CSC(c2ccc(F)c(F)c2F)N1Cc1cccc(F)c1. The molecule has 0 radical (unpaired) electrons. The summed E-state index contributed by atoms with van der Waals surface area (Å²) in [6.07, 6.45) is 0. The quantitative estimate of drug-likeness (QED) is 0.621. The fourth-order valence-electron chi connectivity index (χ4n) is 2.45. The third-order valence-corrected chi connectivity index (χ3v) is 4.78. The van der Waals surface area contributed by atoms with E-state index in [0.717, 1.165) is 23.9 Å². The number of rotatable bonds is 3. The summed E-state index contributed by atoms with van der Waals surface area (Å²) < 4.78 is 53.8. The normalized spacial score (nSPS) is 17.8. The van der Waals surface area contributed by atoms with Crippen LogP contribution in [0.25, 0.3) is 0 Å². The van der Waals surface area contributed by atoms with Crippen molar-refractivity contribution >= 4 is 17.7 Å². The summed E-state index contributed by atoms with van der Waals surface area (Å²) in [5, 5.41) is -0.777. The minimum Gasteiger partial charge on any atom is -0.321 e. The monoisotopic (exact) mass is 341 g/mol. The molecule has 0 aliphatic carbocycles. The summed E-state index contributed by atoms with van der Waals surface area (Å²) in [6, 6.07) is 7.65. The summed E-state index contributed by atoms with van der Waals surface area (Å²) in [7, 11) is 0. The fourth-order valence-corrected chi connectivity index (χ4v) is 3.65. The smallest absolute Gasteiger partial charge is 0.234 e. The first kappa shape index (κ1) is 15.9. The van der Waals surface area contributed by atoms with Gasteiger partial charge in [0, 0.05) is 12.1 Å². The van der Waals surface area contributed by atoms with Gasteiger partial charge in [-0.05, 0) is 23.8 Å². The molecule has 0 saturated carbocycles. The number of benzene rings is 2. The number of carbonyl (C=O) groups is 1. The highest BCUT2D eigenvalue weighted by atomic mass is 32.2. The average Bonchev–Trinajstić information content (AvgIpc) is 2.86. The lowest BCUT2D eigenvalue weighted by atomic mass is 10.1. The van der Waals surface area contributed by atoms with Crippen molar-refractivity contribution in [2.24, 2.45) is 0 Å². The highest BCUT2D eigenvalue weighted by Crippen LogP contribution is 2.41. The minimum atomic E-state index is -1.56. The zero-order valence-electron chi connectivity index (χ0n) is 11.7. The number of thioether (sulfide) groups is 1. The van der Waals surface area contributed by atoms with Crippen LogP contribution in [0.4, 0.5) is 17.6 Å². The topological polar surface area (TPSA) is 20.3 Å². The Balaban J connectivity index is 1.93.